The van der Waals surface area contributed by atoms with Gasteiger partial charge in [0.15, 0.2) is 5.75 Å². The minimum atomic E-state index is 0.439. The van der Waals surface area contributed by atoms with Gasteiger partial charge in [-0.05, 0) is 43.2 Å². The monoisotopic (exact) mass is 274 g/mol. The third kappa shape index (κ3) is 2.32. The van der Waals surface area contributed by atoms with Gasteiger partial charge in [-0.1, -0.05) is 24.3 Å². The van der Waals surface area contributed by atoms with E-state index in [1.165, 1.54) is 0 Å². The van der Waals surface area contributed by atoms with Crippen molar-refractivity contribution < 1.29 is 4.74 Å². The Kier molecular flexibility index (Phi) is 3.29. The molecule has 0 aliphatic rings. The van der Waals surface area contributed by atoms with Crippen molar-refractivity contribution >= 4 is 10.9 Å². The number of nitriles is 1. The average molecular weight is 274 g/mol. The van der Waals surface area contributed by atoms with Crippen molar-refractivity contribution in [1.29, 1.82) is 5.26 Å². The zero-order valence-electron chi connectivity index (χ0n) is 11.9. The molecule has 21 heavy (non-hydrogen) atoms. The molecule has 0 N–H and O–H groups in total. The molecule has 0 aliphatic heterocycles. The fourth-order valence-corrected chi connectivity index (χ4v) is 2.25. The molecule has 1 aromatic heterocycles. The van der Waals surface area contributed by atoms with Crippen LogP contribution >= 0.6 is 0 Å². The number of ether oxygens (including phenoxy) is 1. The lowest BCUT2D eigenvalue weighted by atomic mass is 10.1. The summed E-state index contributed by atoms with van der Waals surface area (Å²) in [5.74, 6) is 1.33. The van der Waals surface area contributed by atoms with Crippen LogP contribution in [0.3, 0.4) is 0 Å². The summed E-state index contributed by atoms with van der Waals surface area (Å²) in [5, 5.41) is 10.2. The molecule has 0 fully saturated rings. The van der Waals surface area contributed by atoms with Crippen LogP contribution < -0.4 is 4.74 Å². The quantitative estimate of drug-likeness (QED) is 0.690. The standard InChI is InChI=1S/C18H14N2O/c1-12-6-5-9-17(13(12)2)21-18-14(10-19)11-20-16-8-4-3-7-15(16)18/h3-9,11H,1-2H3. The Morgan fingerprint density at radius 3 is 2.67 bits per heavy atom. The van der Waals surface area contributed by atoms with Gasteiger partial charge in [0.1, 0.15) is 17.4 Å². The van der Waals surface area contributed by atoms with Gasteiger partial charge in [0.25, 0.3) is 0 Å². The summed E-state index contributed by atoms with van der Waals surface area (Å²) in [7, 11) is 0. The molecule has 0 saturated carbocycles. The van der Waals surface area contributed by atoms with Crippen LogP contribution in [0.15, 0.2) is 48.7 Å². The number of aryl methyl sites for hydroxylation is 1. The molecule has 0 atom stereocenters. The van der Waals surface area contributed by atoms with Crippen LogP contribution in [0.1, 0.15) is 16.7 Å². The predicted octanol–water partition coefficient (Wildman–Crippen LogP) is 4.52. The number of aromatic nitrogens is 1. The highest BCUT2D eigenvalue weighted by Crippen LogP contribution is 2.34. The van der Waals surface area contributed by atoms with Gasteiger partial charge in [0.2, 0.25) is 0 Å². The number of pyridine rings is 1. The van der Waals surface area contributed by atoms with Crippen LogP contribution in [0.4, 0.5) is 0 Å². The Hall–Kier alpha value is -2.86. The van der Waals surface area contributed by atoms with Gasteiger partial charge in [0, 0.05) is 11.6 Å². The lowest BCUT2D eigenvalue weighted by Gasteiger charge is -2.13. The second-order valence-corrected chi connectivity index (χ2v) is 4.93. The first-order valence-corrected chi connectivity index (χ1v) is 6.72. The van der Waals surface area contributed by atoms with E-state index >= 15 is 0 Å². The minimum Gasteiger partial charge on any atom is -0.455 e. The van der Waals surface area contributed by atoms with Crippen molar-refractivity contribution in [3.05, 3.63) is 65.4 Å². The Morgan fingerprint density at radius 1 is 1.05 bits per heavy atom. The fourth-order valence-electron chi connectivity index (χ4n) is 2.25. The molecule has 3 nitrogen and oxygen atoms in total. The van der Waals surface area contributed by atoms with Crippen LogP contribution in [0.2, 0.25) is 0 Å². The Morgan fingerprint density at radius 2 is 1.86 bits per heavy atom. The van der Waals surface area contributed by atoms with Crippen molar-refractivity contribution in [1.82, 2.24) is 4.98 Å². The van der Waals surface area contributed by atoms with Crippen LogP contribution in [-0.4, -0.2) is 4.98 Å². The summed E-state index contributed by atoms with van der Waals surface area (Å²) >= 11 is 0. The van der Waals surface area contributed by atoms with Crippen LogP contribution in [-0.2, 0) is 0 Å². The average Bonchev–Trinajstić information content (AvgIpc) is 2.52. The summed E-state index contributed by atoms with van der Waals surface area (Å²) in [6, 6.07) is 15.7. The van der Waals surface area contributed by atoms with Gasteiger partial charge in [-0.2, -0.15) is 5.26 Å². The number of hydrogen-bond acceptors (Lipinski definition) is 3. The Balaban J connectivity index is 2.20. The van der Waals surface area contributed by atoms with Gasteiger partial charge >= 0.3 is 0 Å². The smallest absolute Gasteiger partial charge is 0.156 e. The predicted molar refractivity (Wildman–Crippen MR) is 82.4 cm³/mol. The maximum Gasteiger partial charge on any atom is 0.156 e. The van der Waals surface area contributed by atoms with E-state index in [1.54, 1.807) is 6.20 Å². The molecule has 1 heterocycles. The number of nitrogens with zero attached hydrogens (tertiary/aromatic N) is 2. The molecular formula is C18H14N2O. The first-order valence-electron chi connectivity index (χ1n) is 6.72. The maximum atomic E-state index is 9.31. The molecule has 3 heteroatoms. The SMILES string of the molecule is Cc1cccc(Oc2c(C#N)cnc3ccccc23)c1C. The number of hydrogen-bond donors (Lipinski definition) is 0. The molecule has 0 unspecified atom stereocenters. The van der Waals surface area contributed by atoms with Crippen molar-refractivity contribution in [2.45, 2.75) is 13.8 Å². The van der Waals surface area contributed by atoms with E-state index in [-0.39, 0.29) is 0 Å². The lowest BCUT2D eigenvalue weighted by Crippen LogP contribution is -1.94. The normalized spacial score (nSPS) is 10.3. The van der Waals surface area contributed by atoms with Crippen LogP contribution in [0, 0.1) is 25.2 Å². The highest BCUT2D eigenvalue weighted by atomic mass is 16.5. The second kappa shape index (κ2) is 5.26. The van der Waals surface area contributed by atoms with Crippen LogP contribution in [0.5, 0.6) is 11.5 Å². The van der Waals surface area contributed by atoms with Crippen molar-refractivity contribution in [3.8, 4) is 17.6 Å². The summed E-state index contributed by atoms with van der Waals surface area (Å²) in [5.41, 5.74) is 3.48. The van der Waals surface area contributed by atoms with Gasteiger partial charge in [-0.15, -0.1) is 0 Å². The van der Waals surface area contributed by atoms with Gasteiger partial charge in [0.05, 0.1) is 5.52 Å². The summed E-state index contributed by atoms with van der Waals surface area (Å²) in [6.07, 6.45) is 1.56. The summed E-state index contributed by atoms with van der Waals surface area (Å²) < 4.78 is 6.06. The van der Waals surface area contributed by atoms with E-state index in [0.29, 0.717) is 11.3 Å². The first-order chi connectivity index (χ1) is 10.2. The largest absolute Gasteiger partial charge is 0.455 e. The zero-order valence-corrected chi connectivity index (χ0v) is 11.9. The van der Waals surface area contributed by atoms with Crippen molar-refractivity contribution in [2.75, 3.05) is 0 Å². The van der Waals surface area contributed by atoms with E-state index in [2.05, 4.69) is 11.1 Å². The van der Waals surface area contributed by atoms with Gasteiger partial charge < -0.3 is 4.74 Å². The molecule has 0 amide bonds. The molecule has 0 bridgehead atoms. The summed E-state index contributed by atoms with van der Waals surface area (Å²) in [6.45, 7) is 4.05. The third-order valence-electron chi connectivity index (χ3n) is 3.61. The topological polar surface area (TPSA) is 45.9 Å². The Labute approximate surface area is 123 Å². The first kappa shape index (κ1) is 13.1. The molecule has 0 radical (unpaired) electrons. The Bertz CT molecular complexity index is 863. The molecule has 102 valence electrons. The van der Waals surface area contributed by atoms with E-state index < -0.39 is 0 Å². The molecule has 0 spiro atoms. The van der Waals surface area contributed by atoms with E-state index in [0.717, 1.165) is 27.8 Å². The van der Waals surface area contributed by atoms with Gasteiger partial charge in [-0.3, -0.25) is 4.98 Å². The summed E-state index contributed by atoms with van der Waals surface area (Å²) in [4.78, 5) is 4.29. The van der Waals surface area contributed by atoms with E-state index in [4.69, 9.17) is 4.74 Å². The number of fused-ring (bicyclic) bond motifs is 1. The highest BCUT2D eigenvalue weighted by Gasteiger charge is 2.12. The van der Waals surface area contributed by atoms with E-state index in [9.17, 15) is 5.26 Å². The zero-order chi connectivity index (χ0) is 14.8. The fraction of sp³-hybridized carbons (Fsp3) is 0.111. The van der Waals surface area contributed by atoms with Crippen molar-refractivity contribution in [2.24, 2.45) is 0 Å². The lowest BCUT2D eigenvalue weighted by molar-refractivity contribution is 0.482. The van der Waals surface area contributed by atoms with E-state index in [1.807, 2.05) is 56.3 Å². The molecule has 0 saturated heterocycles. The maximum absolute atomic E-state index is 9.31. The third-order valence-corrected chi connectivity index (χ3v) is 3.61. The number of para-hydroxylation sites is 1. The molecule has 2 aromatic carbocycles. The number of benzene rings is 2. The van der Waals surface area contributed by atoms with Crippen molar-refractivity contribution in [3.63, 3.8) is 0 Å². The molecule has 3 aromatic rings. The van der Waals surface area contributed by atoms with Crippen LogP contribution in [0.25, 0.3) is 10.9 Å². The highest BCUT2D eigenvalue weighted by molar-refractivity contribution is 5.87. The number of rotatable bonds is 2. The second-order valence-electron chi connectivity index (χ2n) is 4.93. The molecule has 3 rings (SSSR count). The molecule has 0 aliphatic carbocycles. The van der Waals surface area contributed by atoms with Gasteiger partial charge in [-0.25, -0.2) is 0 Å². The molecular weight excluding hydrogens is 260 g/mol. The minimum absolute atomic E-state index is 0.439.